The second-order valence-corrected chi connectivity index (χ2v) is 7.31. The fraction of sp³-hybridized carbons (Fsp3) is 0.444. The largest absolute Gasteiger partial charge is 0.497 e. The lowest BCUT2D eigenvalue weighted by atomic mass is 10.1. The highest BCUT2D eigenvalue weighted by molar-refractivity contribution is 7.11. The summed E-state index contributed by atoms with van der Waals surface area (Å²) in [5.41, 5.74) is 2.08. The number of benzene rings is 1. The lowest BCUT2D eigenvalue weighted by Gasteiger charge is -2.10. The van der Waals surface area contributed by atoms with Crippen LogP contribution < -0.4 is 14.8 Å². The van der Waals surface area contributed by atoms with E-state index >= 15 is 0 Å². The van der Waals surface area contributed by atoms with Crippen molar-refractivity contribution < 1.29 is 14.3 Å². The van der Waals surface area contributed by atoms with Crippen molar-refractivity contribution in [2.24, 2.45) is 5.92 Å². The Morgan fingerprint density at radius 2 is 2.12 bits per heavy atom. The van der Waals surface area contributed by atoms with Crippen molar-refractivity contribution in [2.75, 3.05) is 14.2 Å². The Morgan fingerprint density at radius 1 is 1.33 bits per heavy atom. The second-order valence-electron chi connectivity index (χ2n) is 6.02. The molecule has 2 atom stereocenters. The Hall–Kier alpha value is -2.08. The minimum atomic E-state index is -0.00633. The van der Waals surface area contributed by atoms with E-state index < -0.39 is 0 Å². The zero-order chi connectivity index (χ0) is 17.3. The molecule has 128 valence electrons. The molecule has 1 aliphatic carbocycles. The molecule has 6 heteroatoms. The molecule has 24 heavy (non-hydrogen) atoms. The maximum Gasteiger partial charge on any atom is 0.224 e. The molecular formula is C18H22N2O3S. The number of hydrogen-bond acceptors (Lipinski definition) is 5. The van der Waals surface area contributed by atoms with Gasteiger partial charge in [-0.3, -0.25) is 4.79 Å². The lowest BCUT2D eigenvalue weighted by molar-refractivity contribution is -0.122. The van der Waals surface area contributed by atoms with Crippen LogP contribution in [0.25, 0.3) is 0 Å². The number of carbonyl (C=O) groups excluding carboxylic acids is 1. The van der Waals surface area contributed by atoms with Crippen LogP contribution in [0.5, 0.6) is 11.5 Å². The van der Waals surface area contributed by atoms with E-state index in [9.17, 15) is 4.79 Å². The summed E-state index contributed by atoms with van der Waals surface area (Å²) in [7, 11) is 3.29. The lowest BCUT2D eigenvalue weighted by Crippen LogP contribution is -2.24. The smallest absolute Gasteiger partial charge is 0.224 e. The molecule has 1 aromatic heterocycles. The molecule has 0 bridgehead atoms. The molecule has 0 unspecified atom stereocenters. The van der Waals surface area contributed by atoms with Crippen LogP contribution in [0, 0.1) is 19.8 Å². The number of thiazole rings is 1. The maximum atomic E-state index is 12.4. The first-order valence-corrected chi connectivity index (χ1v) is 8.77. The SMILES string of the molecule is COc1ccc(OC)c([C@H]2C[C@@H]2C(=O)NCc2nc(C)c(C)s2)c1. The van der Waals surface area contributed by atoms with Gasteiger partial charge in [0.2, 0.25) is 5.91 Å². The monoisotopic (exact) mass is 346 g/mol. The zero-order valence-electron chi connectivity index (χ0n) is 14.4. The Morgan fingerprint density at radius 3 is 2.75 bits per heavy atom. The topological polar surface area (TPSA) is 60.5 Å². The van der Waals surface area contributed by atoms with E-state index in [1.54, 1.807) is 25.6 Å². The van der Waals surface area contributed by atoms with E-state index in [0.717, 1.165) is 34.2 Å². The van der Waals surface area contributed by atoms with Crippen molar-refractivity contribution >= 4 is 17.2 Å². The highest BCUT2D eigenvalue weighted by Crippen LogP contribution is 2.51. The van der Waals surface area contributed by atoms with Gasteiger partial charge in [-0.2, -0.15) is 0 Å². The first-order chi connectivity index (χ1) is 11.5. The fourth-order valence-corrected chi connectivity index (χ4v) is 3.74. The number of hydrogen-bond donors (Lipinski definition) is 1. The molecule has 1 heterocycles. The van der Waals surface area contributed by atoms with Crippen molar-refractivity contribution in [1.82, 2.24) is 10.3 Å². The normalized spacial score (nSPS) is 19.0. The quantitative estimate of drug-likeness (QED) is 0.872. The molecule has 1 N–H and O–H groups in total. The first kappa shape index (κ1) is 16.8. The van der Waals surface area contributed by atoms with Gasteiger partial charge >= 0.3 is 0 Å². The van der Waals surface area contributed by atoms with Crippen LogP contribution in [0.15, 0.2) is 18.2 Å². The molecule has 0 spiro atoms. The van der Waals surface area contributed by atoms with Gasteiger partial charge in [-0.1, -0.05) is 0 Å². The Labute approximate surface area is 146 Å². The third kappa shape index (κ3) is 3.38. The maximum absolute atomic E-state index is 12.4. The van der Waals surface area contributed by atoms with E-state index in [1.165, 1.54) is 4.88 Å². The molecule has 0 saturated heterocycles. The number of amides is 1. The molecule has 5 nitrogen and oxygen atoms in total. The Kier molecular flexibility index (Phi) is 4.76. The van der Waals surface area contributed by atoms with Crippen molar-refractivity contribution in [1.29, 1.82) is 0 Å². The van der Waals surface area contributed by atoms with E-state index in [4.69, 9.17) is 9.47 Å². The number of methoxy groups -OCH3 is 2. The number of aryl methyl sites for hydroxylation is 2. The molecule has 1 saturated carbocycles. The molecular weight excluding hydrogens is 324 g/mol. The van der Waals surface area contributed by atoms with Crippen molar-refractivity contribution in [3.8, 4) is 11.5 Å². The van der Waals surface area contributed by atoms with Gasteiger partial charge in [0.1, 0.15) is 16.5 Å². The summed E-state index contributed by atoms with van der Waals surface area (Å²) >= 11 is 1.63. The molecule has 0 radical (unpaired) electrons. The molecule has 3 rings (SSSR count). The number of aromatic nitrogens is 1. The zero-order valence-corrected chi connectivity index (χ0v) is 15.2. The van der Waals surface area contributed by atoms with E-state index in [-0.39, 0.29) is 17.7 Å². The average molecular weight is 346 g/mol. The fourth-order valence-electron chi connectivity index (χ4n) is 2.87. The van der Waals surface area contributed by atoms with Crippen LogP contribution in [0.2, 0.25) is 0 Å². The van der Waals surface area contributed by atoms with Crippen molar-refractivity contribution in [3.63, 3.8) is 0 Å². The predicted octanol–water partition coefficient (Wildman–Crippen LogP) is 3.20. The Bertz CT molecular complexity index is 737. The van der Waals surface area contributed by atoms with Gasteiger partial charge in [0.05, 0.1) is 26.5 Å². The van der Waals surface area contributed by atoms with Crippen LogP contribution >= 0.6 is 11.3 Å². The summed E-state index contributed by atoms with van der Waals surface area (Å²) < 4.78 is 10.7. The van der Waals surface area contributed by atoms with Crippen LogP contribution in [0.1, 0.15) is 33.5 Å². The van der Waals surface area contributed by atoms with Crippen LogP contribution in [0.3, 0.4) is 0 Å². The van der Waals surface area contributed by atoms with Gasteiger partial charge in [-0.05, 0) is 38.5 Å². The van der Waals surface area contributed by atoms with Crippen LogP contribution in [0.4, 0.5) is 0 Å². The third-order valence-corrected chi connectivity index (χ3v) is 5.52. The summed E-state index contributed by atoms with van der Waals surface area (Å²) in [5, 5.41) is 3.96. The highest BCUT2D eigenvalue weighted by atomic mass is 32.1. The van der Waals surface area contributed by atoms with E-state index in [0.29, 0.717) is 6.54 Å². The summed E-state index contributed by atoms with van der Waals surface area (Å²) in [4.78, 5) is 18.1. The average Bonchev–Trinajstić information content (AvgIpc) is 3.32. The van der Waals surface area contributed by atoms with Gasteiger partial charge in [0.15, 0.2) is 0 Å². The number of nitrogens with zero attached hydrogens (tertiary/aromatic N) is 1. The number of ether oxygens (including phenoxy) is 2. The van der Waals surface area contributed by atoms with Crippen molar-refractivity contribution in [2.45, 2.75) is 32.7 Å². The minimum Gasteiger partial charge on any atom is -0.497 e. The van der Waals surface area contributed by atoms with Gasteiger partial charge in [0, 0.05) is 22.3 Å². The number of carbonyl (C=O) groups is 1. The second kappa shape index (κ2) is 6.81. The third-order valence-electron chi connectivity index (χ3n) is 4.45. The van der Waals surface area contributed by atoms with Crippen molar-refractivity contribution in [3.05, 3.63) is 39.3 Å². The Balaban J connectivity index is 1.63. The first-order valence-electron chi connectivity index (χ1n) is 7.96. The van der Waals surface area contributed by atoms with Gasteiger partial charge < -0.3 is 14.8 Å². The molecule has 0 aliphatic heterocycles. The summed E-state index contributed by atoms with van der Waals surface area (Å²) in [6.07, 6.45) is 0.839. The summed E-state index contributed by atoms with van der Waals surface area (Å²) in [6, 6.07) is 5.72. The van der Waals surface area contributed by atoms with Gasteiger partial charge in [-0.15, -0.1) is 11.3 Å². The standard InChI is InChI=1S/C18H22N2O3S/c1-10-11(2)24-17(20-10)9-19-18(21)15-8-13(15)14-7-12(22-3)5-6-16(14)23-4/h5-7,13,15H,8-9H2,1-4H3,(H,19,21)/t13-,15+/m1/s1. The van der Waals surface area contributed by atoms with E-state index in [2.05, 4.69) is 10.3 Å². The molecule has 2 aromatic rings. The van der Waals surface area contributed by atoms with Gasteiger partial charge in [-0.25, -0.2) is 4.98 Å². The molecule has 1 aromatic carbocycles. The van der Waals surface area contributed by atoms with Gasteiger partial charge in [0.25, 0.3) is 0 Å². The number of nitrogens with one attached hydrogen (secondary N) is 1. The molecule has 1 aliphatic rings. The summed E-state index contributed by atoms with van der Waals surface area (Å²) in [5.74, 6) is 1.85. The minimum absolute atomic E-state index is 0.00633. The van der Waals surface area contributed by atoms with Crippen LogP contribution in [-0.2, 0) is 11.3 Å². The molecule has 1 fully saturated rings. The van der Waals surface area contributed by atoms with Crippen LogP contribution in [-0.4, -0.2) is 25.1 Å². The summed E-state index contributed by atoms with van der Waals surface area (Å²) in [6.45, 7) is 4.53. The highest BCUT2D eigenvalue weighted by Gasteiger charge is 2.45. The number of rotatable bonds is 6. The predicted molar refractivity (Wildman–Crippen MR) is 93.8 cm³/mol. The van der Waals surface area contributed by atoms with E-state index in [1.807, 2.05) is 32.0 Å². The molecule has 1 amide bonds.